The van der Waals surface area contributed by atoms with Gasteiger partial charge in [-0.1, -0.05) is 26.8 Å². The van der Waals surface area contributed by atoms with Crippen LogP contribution in [0.15, 0.2) is 36.7 Å². The average molecular weight is 435 g/mol. The summed E-state index contributed by atoms with van der Waals surface area (Å²) >= 11 is 0. The molecule has 9 heteroatoms. The second-order valence-corrected chi connectivity index (χ2v) is 9.16. The van der Waals surface area contributed by atoms with Crippen LogP contribution in [-0.4, -0.2) is 25.5 Å². The molecule has 0 spiro atoms. The van der Waals surface area contributed by atoms with Gasteiger partial charge in [-0.3, -0.25) is 19.2 Å². The van der Waals surface area contributed by atoms with Crippen molar-refractivity contribution in [2.75, 3.05) is 10.3 Å². The number of hydrogen-bond acceptors (Lipinski definition) is 6. The number of nitrogens with zero attached hydrogens (tertiary/aromatic N) is 5. The van der Waals surface area contributed by atoms with Crippen molar-refractivity contribution in [3.8, 4) is 0 Å². The molecule has 0 unspecified atom stereocenters. The molecule has 0 radical (unpaired) electrons. The Bertz CT molecular complexity index is 1210. The van der Waals surface area contributed by atoms with Gasteiger partial charge in [0.05, 0.1) is 23.3 Å². The fraction of sp³-hybridized carbons (Fsp3) is 0.348. The first-order valence-electron chi connectivity index (χ1n) is 10.5. The number of carbonyl (C=O) groups excluding carboxylic acids is 1. The molecule has 3 N–H and O–H groups in total. The van der Waals surface area contributed by atoms with Crippen molar-refractivity contribution in [3.05, 3.63) is 64.7 Å². The second-order valence-electron chi connectivity index (χ2n) is 9.16. The maximum absolute atomic E-state index is 13.0. The SMILES string of the molecule is Cc1ccc(C(=O)Nc2cc(C(C)(C)C)nn2C)cc1N1C=C(c2cnn(C)c2C)NN1. The lowest BCUT2D eigenvalue weighted by Gasteiger charge is -2.18. The molecular weight excluding hydrogens is 404 g/mol. The third kappa shape index (κ3) is 3.99. The number of nitrogens with one attached hydrogen (secondary N) is 3. The van der Waals surface area contributed by atoms with Crippen LogP contribution in [0.4, 0.5) is 11.5 Å². The van der Waals surface area contributed by atoms with Gasteiger partial charge in [0.1, 0.15) is 5.82 Å². The number of anilines is 2. The number of amides is 1. The van der Waals surface area contributed by atoms with Crippen molar-refractivity contribution in [2.24, 2.45) is 14.1 Å². The molecule has 3 heterocycles. The summed E-state index contributed by atoms with van der Waals surface area (Å²) in [7, 11) is 3.75. The monoisotopic (exact) mass is 434 g/mol. The molecule has 0 saturated heterocycles. The van der Waals surface area contributed by atoms with E-state index in [0.717, 1.165) is 33.9 Å². The summed E-state index contributed by atoms with van der Waals surface area (Å²) in [5.74, 6) is 0.478. The summed E-state index contributed by atoms with van der Waals surface area (Å²) in [6.45, 7) is 10.3. The fourth-order valence-corrected chi connectivity index (χ4v) is 3.49. The van der Waals surface area contributed by atoms with E-state index in [1.165, 1.54) is 0 Å². The van der Waals surface area contributed by atoms with Crippen molar-refractivity contribution in [1.29, 1.82) is 0 Å². The summed E-state index contributed by atoms with van der Waals surface area (Å²) in [6, 6.07) is 7.56. The third-order valence-electron chi connectivity index (χ3n) is 5.72. The molecule has 0 saturated carbocycles. The van der Waals surface area contributed by atoms with Crippen LogP contribution in [0.2, 0.25) is 0 Å². The van der Waals surface area contributed by atoms with E-state index in [-0.39, 0.29) is 11.3 Å². The lowest BCUT2D eigenvalue weighted by molar-refractivity contribution is 0.102. The Balaban J connectivity index is 1.58. The average Bonchev–Trinajstić information content (AvgIpc) is 3.43. The molecule has 9 nitrogen and oxygen atoms in total. The van der Waals surface area contributed by atoms with Crippen LogP contribution in [0, 0.1) is 13.8 Å². The number of hydrazine groups is 2. The Morgan fingerprint density at radius 2 is 1.84 bits per heavy atom. The molecule has 3 aromatic rings. The van der Waals surface area contributed by atoms with Crippen molar-refractivity contribution in [1.82, 2.24) is 30.5 Å². The first-order chi connectivity index (χ1) is 15.0. The Morgan fingerprint density at radius 3 is 2.47 bits per heavy atom. The molecule has 2 aromatic heterocycles. The van der Waals surface area contributed by atoms with E-state index in [2.05, 4.69) is 47.2 Å². The number of aryl methyl sites for hydroxylation is 3. The van der Waals surface area contributed by atoms with E-state index < -0.39 is 0 Å². The normalized spacial score (nSPS) is 13.8. The molecule has 0 atom stereocenters. The van der Waals surface area contributed by atoms with Crippen molar-refractivity contribution >= 4 is 23.1 Å². The highest BCUT2D eigenvalue weighted by atomic mass is 16.1. The topological polar surface area (TPSA) is 92.0 Å². The Hall–Kier alpha value is -3.59. The maximum Gasteiger partial charge on any atom is 0.256 e. The Morgan fingerprint density at radius 1 is 1.09 bits per heavy atom. The van der Waals surface area contributed by atoms with Crippen LogP contribution in [0.5, 0.6) is 0 Å². The summed E-state index contributed by atoms with van der Waals surface area (Å²) in [5, 5.41) is 13.7. The van der Waals surface area contributed by atoms with Gasteiger partial charge < -0.3 is 10.7 Å². The first kappa shape index (κ1) is 21.6. The zero-order valence-corrected chi connectivity index (χ0v) is 19.6. The van der Waals surface area contributed by atoms with Gasteiger partial charge in [-0.15, -0.1) is 5.53 Å². The second kappa shape index (κ2) is 7.83. The van der Waals surface area contributed by atoms with Crippen LogP contribution in [0.25, 0.3) is 5.70 Å². The zero-order chi connectivity index (χ0) is 23.2. The molecular formula is C23H30N8O. The van der Waals surface area contributed by atoms with Gasteiger partial charge >= 0.3 is 0 Å². The standard InChI is InChI=1S/C23H30N8O/c1-14-8-9-16(22(32)25-21-11-20(23(3,4)5)27-30(21)7)10-19(14)31-13-18(26-28-31)17-12-24-29(6)15(17)2/h8-13,26,28H,1-7H3,(H,25,32). The van der Waals surface area contributed by atoms with E-state index in [1.54, 1.807) is 4.68 Å². The predicted molar refractivity (Wildman–Crippen MR) is 126 cm³/mol. The van der Waals surface area contributed by atoms with E-state index in [1.807, 2.05) is 74.3 Å². The largest absolute Gasteiger partial charge is 0.307 e. The lowest BCUT2D eigenvalue weighted by Crippen LogP contribution is -2.36. The molecule has 32 heavy (non-hydrogen) atoms. The van der Waals surface area contributed by atoms with Gasteiger partial charge in [-0.25, -0.2) is 0 Å². The van der Waals surface area contributed by atoms with Gasteiger partial charge in [-0.2, -0.15) is 10.2 Å². The molecule has 1 aliphatic heterocycles. The molecule has 1 aliphatic rings. The van der Waals surface area contributed by atoms with Gasteiger partial charge in [0.15, 0.2) is 0 Å². The Kier molecular flexibility index (Phi) is 5.29. The number of rotatable bonds is 4. The van der Waals surface area contributed by atoms with Gasteiger partial charge in [0.25, 0.3) is 5.91 Å². The smallest absolute Gasteiger partial charge is 0.256 e. The van der Waals surface area contributed by atoms with Crippen molar-refractivity contribution in [2.45, 2.75) is 40.0 Å². The van der Waals surface area contributed by atoms with Gasteiger partial charge in [0, 0.05) is 48.6 Å². The lowest BCUT2D eigenvalue weighted by atomic mass is 9.92. The van der Waals surface area contributed by atoms with E-state index in [0.29, 0.717) is 11.4 Å². The van der Waals surface area contributed by atoms with E-state index >= 15 is 0 Å². The highest BCUT2D eigenvalue weighted by Gasteiger charge is 2.22. The van der Waals surface area contributed by atoms with Crippen LogP contribution in [0.1, 0.15) is 53.6 Å². The maximum atomic E-state index is 13.0. The minimum absolute atomic E-state index is 0.0944. The minimum Gasteiger partial charge on any atom is -0.307 e. The van der Waals surface area contributed by atoms with Crippen LogP contribution in [-0.2, 0) is 19.5 Å². The number of hydrogen-bond donors (Lipinski definition) is 3. The van der Waals surface area contributed by atoms with Gasteiger partial charge in [-0.05, 0) is 31.5 Å². The molecule has 0 fully saturated rings. The summed E-state index contributed by atoms with van der Waals surface area (Å²) in [5.41, 5.74) is 12.6. The number of carbonyl (C=O) groups is 1. The number of aromatic nitrogens is 4. The molecule has 0 bridgehead atoms. The highest BCUT2D eigenvalue weighted by molar-refractivity contribution is 6.04. The summed E-state index contributed by atoms with van der Waals surface area (Å²) in [6.07, 6.45) is 3.79. The molecule has 0 aliphatic carbocycles. The minimum atomic E-state index is -0.186. The zero-order valence-electron chi connectivity index (χ0n) is 19.6. The van der Waals surface area contributed by atoms with Crippen LogP contribution in [0.3, 0.4) is 0 Å². The van der Waals surface area contributed by atoms with E-state index in [4.69, 9.17) is 0 Å². The predicted octanol–water partition coefficient (Wildman–Crippen LogP) is 3.15. The third-order valence-corrected chi connectivity index (χ3v) is 5.72. The van der Waals surface area contributed by atoms with E-state index in [9.17, 15) is 4.79 Å². The summed E-state index contributed by atoms with van der Waals surface area (Å²) < 4.78 is 3.53. The van der Waals surface area contributed by atoms with Crippen LogP contribution >= 0.6 is 0 Å². The Labute approximate surface area is 188 Å². The van der Waals surface area contributed by atoms with Crippen molar-refractivity contribution < 1.29 is 4.79 Å². The molecule has 1 amide bonds. The fourth-order valence-electron chi connectivity index (χ4n) is 3.49. The highest BCUT2D eigenvalue weighted by Crippen LogP contribution is 2.27. The molecule has 1 aromatic carbocycles. The first-order valence-corrected chi connectivity index (χ1v) is 10.5. The van der Waals surface area contributed by atoms with Crippen LogP contribution < -0.4 is 21.3 Å². The van der Waals surface area contributed by atoms with Crippen molar-refractivity contribution in [3.63, 3.8) is 0 Å². The molecule has 4 rings (SSSR count). The number of benzene rings is 1. The molecule has 168 valence electrons. The van der Waals surface area contributed by atoms with Gasteiger partial charge in [0.2, 0.25) is 0 Å². The summed E-state index contributed by atoms with van der Waals surface area (Å²) in [4.78, 5) is 13.0. The quantitative estimate of drug-likeness (QED) is 0.584.